The third-order valence-corrected chi connectivity index (χ3v) is 3.54. The van der Waals surface area contributed by atoms with Crippen LogP contribution in [0.5, 0.6) is 0 Å². The average Bonchev–Trinajstić information content (AvgIpc) is 2.17. The van der Waals surface area contributed by atoms with Crippen LogP contribution >= 0.6 is 0 Å². The van der Waals surface area contributed by atoms with Crippen molar-refractivity contribution in [3.05, 3.63) is 0 Å². The van der Waals surface area contributed by atoms with Gasteiger partial charge in [-0.15, -0.1) is 0 Å². The van der Waals surface area contributed by atoms with E-state index in [1.54, 1.807) is 0 Å². The topological polar surface area (TPSA) is 110 Å². The molecule has 0 aromatic heterocycles. The number of rotatable bonds is 2. The molecule has 0 aromatic rings. The van der Waals surface area contributed by atoms with Gasteiger partial charge in [0.1, 0.15) is 36.6 Å². The lowest BCUT2D eigenvalue weighted by molar-refractivity contribution is -0.218. The molecule has 0 aliphatic heterocycles. The first-order valence-corrected chi connectivity index (χ1v) is 8.64. The van der Waals surface area contributed by atoms with E-state index in [4.69, 9.17) is 4.43 Å². The summed E-state index contributed by atoms with van der Waals surface area (Å²) in [5.41, 5.74) is 0. The van der Waals surface area contributed by atoms with Crippen molar-refractivity contribution in [1.82, 2.24) is 0 Å². The second-order valence-electron chi connectivity index (χ2n) is 5.15. The molecule has 0 amide bonds. The predicted molar refractivity (Wildman–Crippen MR) is 58.3 cm³/mol. The van der Waals surface area contributed by atoms with Crippen LogP contribution in [0.2, 0.25) is 19.6 Å². The van der Waals surface area contributed by atoms with Gasteiger partial charge in [0, 0.05) is 0 Å². The summed E-state index contributed by atoms with van der Waals surface area (Å²) in [4.78, 5) is 0. The molecule has 1 aliphatic carbocycles. The molecule has 4 atom stereocenters. The van der Waals surface area contributed by atoms with Gasteiger partial charge in [0.25, 0.3) is 0 Å². The van der Waals surface area contributed by atoms with E-state index in [1.165, 1.54) is 0 Å². The van der Waals surface area contributed by atoms with Crippen molar-refractivity contribution in [3.63, 3.8) is 0 Å². The second-order valence-corrected chi connectivity index (χ2v) is 9.61. The fourth-order valence-electron chi connectivity index (χ4n) is 1.74. The Balaban J connectivity index is 2.83. The highest BCUT2D eigenvalue weighted by molar-refractivity contribution is 6.69. The first-order valence-electron chi connectivity index (χ1n) is 5.23. The third kappa shape index (κ3) is 2.80. The van der Waals surface area contributed by atoms with Crippen molar-refractivity contribution >= 4 is 8.32 Å². The van der Waals surface area contributed by atoms with Gasteiger partial charge in [0.2, 0.25) is 0 Å². The fraction of sp³-hybridized carbons (Fsp3) is 1.00. The molecule has 0 saturated heterocycles. The summed E-state index contributed by atoms with van der Waals surface area (Å²) < 4.78 is 5.50. The quantitative estimate of drug-likeness (QED) is 0.364. The molecule has 5 N–H and O–H groups in total. The SMILES string of the molecule is C[Si](C)(C)OC1C(O)C(O)C(O)C(O)C1O. The maximum atomic E-state index is 9.68. The fourth-order valence-corrected chi connectivity index (χ4v) is 2.84. The Morgan fingerprint density at radius 2 is 1.00 bits per heavy atom. The minimum atomic E-state index is -2.03. The van der Waals surface area contributed by atoms with Crippen LogP contribution in [0.25, 0.3) is 0 Å². The van der Waals surface area contributed by atoms with E-state index < -0.39 is 44.9 Å². The lowest BCUT2D eigenvalue weighted by Gasteiger charge is -2.43. The van der Waals surface area contributed by atoms with Gasteiger partial charge in [-0.2, -0.15) is 0 Å². The standard InChI is InChI=1S/C9H20O6Si/c1-16(2,3)15-9-7(13)5(11)4(10)6(12)8(9)14/h4-14H,1-3H3. The van der Waals surface area contributed by atoms with Crippen LogP contribution in [-0.2, 0) is 4.43 Å². The van der Waals surface area contributed by atoms with Gasteiger partial charge in [-0.05, 0) is 19.6 Å². The lowest BCUT2D eigenvalue weighted by atomic mass is 9.85. The van der Waals surface area contributed by atoms with Gasteiger partial charge in [0.05, 0.1) is 0 Å². The molecule has 96 valence electrons. The summed E-state index contributed by atoms with van der Waals surface area (Å²) in [6, 6.07) is 0. The van der Waals surface area contributed by atoms with Crippen LogP contribution in [0.3, 0.4) is 0 Å². The van der Waals surface area contributed by atoms with E-state index in [2.05, 4.69) is 0 Å². The molecule has 7 heteroatoms. The van der Waals surface area contributed by atoms with Crippen molar-refractivity contribution in [2.24, 2.45) is 0 Å². The second kappa shape index (κ2) is 4.69. The maximum absolute atomic E-state index is 9.68. The summed E-state index contributed by atoms with van der Waals surface area (Å²) in [5.74, 6) is 0. The molecule has 6 nitrogen and oxygen atoms in total. The largest absolute Gasteiger partial charge is 0.409 e. The molecule has 4 unspecified atom stereocenters. The zero-order valence-corrected chi connectivity index (χ0v) is 10.6. The molecule has 1 rings (SSSR count). The molecule has 0 bridgehead atoms. The van der Waals surface area contributed by atoms with Crippen molar-refractivity contribution in [2.45, 2.75) is 56.3 Å². The molecule has 0 aromatic carbocycles. The van der Waals surface area contributed by atoms with E-state index in [0.29, 0.717) is 0 Å². The number of aliphatic hydroxyl groups excluding tert-OH is 5. The molecule has 0 heterocycles. The smallest absolute Gasteiger partial charge is 0.184 e. The average molecular weight is 252 g/mol. The van der Waals surface area contributed by atoms with Crippen molar-refractivity contribution in [2.75, 3.05) is 0 Å². The van der Waals surface area contributed by atoms with Crippen LogP contribution in [0, 0.1) is 0 Å². The summed E-state index contributed by atoms with van der Waals surface area (Å²) >= 11 is 0. The predicted octanol–water partition coefficient (Wildman–Crippen LogP) is -1.98. The third-order valence-electron chi connectivity index (χ3n) is 2.56. The van der Waals surface area contributed by atoms with E-state index in [-0.39, 0.29) is 0 Å². The van der Waals surface area contributed by atoms with E-state index in [0.717, 1.165) is 0 Å². The minimum absolute atomic E-state index is 1.07. The molecule has 1 saturated carbocycles. The van der Waals surface area contributed by atoms with Crippen molar-refractivity contribution < 1.29 is 30.0 Å². The van der Waals surface area contributed by atoms with Gasteiger partial charge in [-0.3, -0.25) is 0 Å². The zero-order chi connectivity index (χ0) is 12.7. The van der Waals surface area contributed by atoms with Gasteiger partial charge < -0.3 is 30.0 Å². The van der Waals surface area contributed by atoms with E-state index >= 15 is 0 Å². The van der Waals surface area contributed by atoms with Gasteiger partial charge >= 0.3 is 0 Å². The highest BCUT2D eigenvalue weighted by atomic mass is 28.4. The Bertz CT molecular complexity index is 227. The Labute approximate surface area is 95.2 Å². The highest BCUT2D eigenvalue weighted by Gasteiger charge is 2.49. The van der Waals surface area contributed by atoms with Gasteiger partial charge in [-0.25, -0.2) is 0 Å². The first kappa shape index (κ1) is 14.0. The number of hydrogen-bond donors (Lipinski definition) is 5. The van der Waals surface area contributed by atoms with Crippen LogP contribution in [0.1, 0.15) is 0 Å². The normalized spacial score (nSPS) is 45.8. The maximum Gasteiger partial charge on any atom is 0.184 e. The van der Waals surface area contributed by atoms with Crippen LogP contribution < -0.4 is 0 Å². The Morgan fingerprint density at radius 1 is 0.688 bits per heavy atom. The summed E-state index contributed by atoms with van der Waals surface area (Å²) in [5, 5.41) is 47.6. The van der Waals surface area contributed by atoms with E-state index in [9.17, 15) is 25.5 Å². The molecule has 0 spiro atoms. The van der Waals surface area contributed by atoms with Crippen molar-refractivity contribution in [3.8, 4) is 0 Å². The number of aliphatic hydroxyl groups is 5. The van der Waals surface area contributed by atoms with Crippen molar-refractivity contribution in [1.29, 1.82) is 0 Å². The Morgan fingerprint density at radius 3 is 1.31 bits per heavy atom. The van der Waals surface area contributed by atoms with E-state index in [1.807, 2.05) is 19.6 Å². The number of hydrogen-bond acceptors (Lipinski definition) is 6. The molecular formula is C9H20O6Si. The Kier molecular flexibility index (Phi) is 4.12. The highest BCUT2D eigenvalue weighted by Crippen LogP contribution is 2.26. The van der Waals surface area contributed by atoms with Gasteiger partial charge in [0.15, 0.2) is 8.32 Å². The van der Waals surface area contributed by atoms with Crippen LogP contribution in [0.15, 0.2) is 0 Å². The van der Waals surface area contributed by atoms with Crippen LogP contribution in [0.4, 0.5) is 0 Å². The lowest BCUT2D eigenvalue weighted by Crippen LogP contribution is -2.65. The Hall–Kier alpha value is -0.0231. The van der Waals surface area contributed by atoms with Crippen LogP contribution in [-0.4, -0.2) is 70.5 Å². The minimum Gasteiger partial charge on any atom is -0.409 e. The first-order chi connectivity index (χ1) is 7.15. The molecular weight excluding hydrogens is 232 g/mol. The summed E-state index contributed by atoms with van der Waals surface area (Å²) in [6.07, 6.45) is -8.47. The molecule has 1 aliphatic rings. The zero-order valence-electron chi connectivity index (χ0n) is 9.61. The molecule has 16 heavy (non-hydrogen) atoms. The summed E-state index contributed by atoms with van der Waals surface area (Å²) in [7, 11) is -2.03. The molecule has 1 fully saturated rings. The molecule has 0 radical (unpaired) electrons. The van der Waals surface area contributed by atoms with Gasteiger partial charge in [-0.1, -0.05) is 0 Å². The summed E-state index contributed by atoms with van der Waals surface area (Å²) in [6.45, 7) is 5.57. The monoisotopic (exact) mass is 252 g/mol.